The first kappa shape index (κ1) is 11.3. The minimum Gasteiger partial charge on any atom is -0.308 e. The van der Waals surface area contributed by atoms with E-state index in [2.05, 4.69) is 45.2 Å². The van der Waals surface area contributed by atoms with Crippen molar-refractivity contribution in [2.24, 2.45) is 5.84 Å². The summed E-state index contributed by atoms with van der Waals surface area (Å²) in [5.74, 6) is 7.20. The summed E-state index contributed by atoms with van der Waals surface area (Å²) in [5, 5.41) is 0.926. The van der Waals surface area contributed by atoms with Crippen molar-refractivity contribution in [3.8, 4) is 0 Å². The zero-order valence-corrected chi connectivity index (χ0v) is 10.7. The van der Waals surface area contributed by atoms with E-state index in [1.807, 2.05) is 18.2 Å². The monoisotopic (exact) mass is 280 g/mol. The highest BCUT2D eigenvalue weighted by molar-refractivity contribution is 9.10. The van der Waals surface area contributed by atoms with Crippen molar-refractivity contribution < 1.29 is 0 Å². The molecule has 1 aromatic carbocycles. The molecule has 4 nitrogen and oxygen atoms in total. The first-order valence-corrected chi connectivity index (χ1v) is 5.85. The van der Waals surface area contributed by atoms with Gasteiger partial charge < -0.3 is 5.43 Å². The molecule has 5 heteroatoms. The Labute approximate surface area is 102 Å². The van der Waals surface area contributed by atoms with Crippen LogP contribution in [0.15, 0.2) is 22.7 Å². The third-order valence-electron chi connectivity index (χ3n) is 2.33. The molecule has 0 aliphatic heterocycles. The second-order valence-electron chi connectivity index (χ2n) is 3.89. The normalized spacial score (nSPS) is 11.1. The number of nitrogen functional groups attached to an aromatic ring is 1. The van der Waals surface area contributed by atoms with Gasteiger partial charge in [-0.1, -0.05) is 29.8 Å². The van der Waals surface area contributed by atoms with Gasteiger partial charge in [0.2, 0.25) is 0 Å². The van der Waals surface area contributed by atoms with Crippen LogP contribution in [0.25, 0.3) is 10.9 Å². The Morgan fingerprint density at radius 2 is 2.06 bits per heavy atom. The second kappa shape index (κ2) is 4.35. The highest BCUT2D eigenvalue weighted by atomic mass is 79.9. The predicted molar refractivity (Wildman–Crippen MR) is 69.1 cm³/mol. The van der Waals surface area contributed by atoms with Crippen LogP contribution in [-0.4, -0.2) is 9.97 Å². The highest BCUT2D eigenvalue weighted by Gasteiger charge is 2.09. The van der Waals surface area contributed by atoms with Gasteiger partial charge in [0.25, 0.3) is 0 Å². The van der Waals surface area contributed by atoms with Gasteiger partial charge in [-0.25, -0.2) is 15.8 Å². The Balaban J connectivity index is 2.73. The molecular weight excluding hydrogens is 268 g/mol. The number of fused-ring (bicyclic) bond motifs is 1. The van der Waals surface area contributed by atoms with Gasteiger partial charge in [0.15, 0.2) is 5.82 Å². The fourth-order valence-electron chi connectivity index (χ4n) is 1.49. The second-order valence-corrected chi connectivity index (χ2v) is 4.81. The summed E-state index contributed by atoms with van der Waals surface area (Å²) in [4.78, 5) is 8.89. The number of hydrazine groups is 1. The average Bonchev–Trinajstić information content (AvgIpc) is 2.26. The van der Waals surface area contributed by atoms with E-state index in [9.17, 15) is 0 Å². The number of anilines is 1. The maximum absolute atomic E-state index is 5.47. The molecule has 3 N–H and O–H groups in total. The maximum atomic E-state index is 5.47. The molecule has 0 fully saturated rings. The summed E-state index contributed by atoms with van der Waals surface area (Å²) in [5.41, 5.74) is 3.51. The molecule has 0 amide bonds. The number of benzene rings is 1. The van der Waals surface area contributed by atoms with E-state index >= 15 is 0 Å². The summed E-state index contributed by atoms with van der Waals surface area (Å²) >= 11 is 3.43. The van der Waals surface area contributed by atoms with Crippen LogP contribution in [0.3, 0.4) is 0 Å². The fraction of sp³-hybridized carbons (Fsp3) is 0.273. The van der Waals surface area contributed by atoms with Crippen molar-refractivity contribution in [3.63, 3.8) is 0 Å². The minimum atomic E-state index is 0.274. The van der Waals surface area contributed by atoms with E-state index in [0.717, 1.165) is 21.2 Å². The lowest BCUT2D eigenvalue weighted by Crippen LogP contribution is -2.11. The standard InChI is InChI=1S/C11H13BrN4/c1-6(2)10-14-9-5-7(12)3-4-8(9)11(15-10)16-13/h3-6H,13H2,1-2H3,(H,14,15,16). The number of aromatic nitrogens is 2. The van der Waals surface area contributed by atoms with Crippen molar-refractivity contribution in [2.75, 3.05) is 5.43 Å². The van der Waals surface area contributed by atoms with E-state index in [1.165, 1.54) is 0 Å². The van der Waals surface area contributed by atoms with E-state index in [-0.39, 0.29) is 5.92 Å². The predicted octanol–water partition coefficient (Wildman–Crippen LogP) is 2.80. The molecule has 0 bridgehead atoms. The van der Waals surface area contributed by atoms with Crippen molar-refractivity contribution in [2.45, 2.75) is 19.8 Å². The molecule has 0 atom stereocenters. The number of nitrogens with one attached hydrogen (secondary N) is 1. The molecule has 16 heavy (non-hydrogen) atoms. The number of halogens is 1. The van der Waals surface area contributed by atoms with Crippen molar-refractivity contribution >= 4 is 32.7 Å². The molecule has 1 heterocycles. The van der Waals surface area contributed by atoms with Crippen LogP contribution in [-0.2, 0) is 0 Å². The third-order valence-corrected chi connectivity index (χ3v) is 2.82. The summed E-state index contributed by atoms with van der Waals surface area (Å²) in [6, 6.07) is 5.85. The number of nitrogens with zero attached hydrogens (tertiary/aromatic N) is 2. The third kappa shape index (κ3) is 2.01. The Kier molecular flexibility index (Phi) is 3.07. The van der Waals surface area contributed by atoms with Gasteiger partial charge >= 0.3 is 0 Å². The molecule has 84 valence electrons. The van der Waals surface area contributed by atoms with E-state index in [0.29, 0.717) is 5.82 Å². The molecular formula is C11H13BrN4. The molecule has 0 radical (unpaired) electrons. The van der Waals surface area contributed by atoms with Gasteiger partial charge in [-0.2, -0.15) is 0 Å². The summed E-state index contributed by atoms with van der Waals surface area (Å²) in [6.07, 6.45) is 0. The first-order chi connectivity index (χ1) is 7.61. The Morgan fingerprint density at radius 3 is 2.69 bits per heavy atom. The molecule has 0 aliphatic rings. The SMILES string of the molecule is CC(C)c1nc(NN)c2ccc(Br)cc2n1. The van der Waals surface area contributed by atoms with Gasteiger partial charge in [0.1, 0.15) is 5.82 Å². The van der Waals surface area contributed by atoms with Gasteiger partial charge in [-0.05, 0) is 18.2 Å². The lowest BCUT2D eigenvalue weighted by Gasteiger charge is -2.09. The van der Waals surface area contributed by atoms with E-state index in [4.69, 9.17) is 5.84 Å². The van der Waals surface area contributed by atoms with Gasteiger partial charge in [-0.3, -0.25) is 0 Å². The first-order valence-electron chi connectivity index (χ1n) is 5.05. The highest BCUT2D eigenvalue weighted by Crippen LogP contribution is 2.25. The smallest absolute Gasteiger partial charge is 0.151 e. The van der Waals surface area contributed by atoms with Crippen LogP contribution in [0.2, 0.25) is 0 Å². The van der Waals surface area contributed by atoms with Crippen molar-refractivity contribution in [1.82, 2.24) is 9.97 Å². The molecule has 2 aromatic rings. The topological polar surface area (TPSA) is 63.8 Å². The molecule has 0 saturated heterocycles. The van der Waals surface area contributed by atoms with E-state index in [1.54, 1.807) is 0 Å². The summed E-state index contributed by atoms with van der Waals surface area (Å²) in [7, 11) is 0. The van der Waals surface area contributed by atoms with Gasteiger partial charge in [0.05, 0.1) is 5.52 Å². The molecule has 0 spiro atoms. The lowest BCUT2D eigenvalue weighted by molar-refractivity contribution is 0.783. The van der Waals surface area contributed by atoms with Crippen LogP contribution in [0, 0.1) is 0 Å². The Bertz CT molecular complexity index is 525. The van der Waals surface area contributed by atoms with Crippen LogP contribution >= 0.6 is 15.9 Å². The van der Waals surface area contributed by atoms with Gasteiger partial charge in [-0.15, -0.1) is 0 Å². The van der Waals surface area contributed by atoms with Crippen LogP contribution in [0.1, 0.15) is 25.6 Å². The van der Waals surface area contributed by atoms with Crippen LogP contribution < -0.4 is 11.3 Å². The summed E-state index contributed by atoms with van der Waals surface area (Å²) < 4.78 is 0.997. The number of rotatable bonds is 2. The molecule has 2 rings (SSSR count). The minimum absolute atomic E-state index is 0.274. The largest absolute Gasteiger partial charge is 0.308 e. The van der Waals surface area contributed by atoms with Gasteiger partial charge in [0, 0.05) is 15.8 Å². The quantitative estimate of drug-likeness (QED) is 0.656. The maximum Gasteiger partial charge on any atom is 0.151 e. The number of nitrogens with two attached hydrogens (primary N) is 1. The number of hydrogen-bond donors (Lipinski definition) is 2. The lowest BCUT2D eigenvalue weighted by atomic mass is 10.2. The molecule has 0 saturated carbocycles. The van der Waals surface area contributed by atoms with Crippen molar-refractivity contribution in [3.05, 3.63) is 28.5 Å². The Hall–Kier alpha value is -1.20. The molecule has 1 aromatic heterocycles. The van der Waals surface area contributed by atoms with E-state index < -0.39 is 0 Å². The average molecular weight is 281 g/mol. The fourth-order valence-corrected chi connectivity index (χ4v) is 1.84. The van der Waals surface area contributed by atoms with Crippen LogP contribution in [0.4, 0.5) is 5.82 Å². The zero-order chi connectivity index (χ0) is 11.7. The summed E-state index contributed by atoms with van der Waals surface area (Å²) in [6.45, 7) is 4.11. The molecule has 0 aliphatic carbocycles. The molecule has 0 unspecified atom stereocenters. The van der Waals surface area contributed by atoms with Crippen molar-refractivity contribution in [1.29, 1.82) is 0 Å². The van der Waals surface area contributed by atoms with Crippen LogP contribution in [0.5, 0.6) is 0 Å². The number of hydrogen-bond acceptors (Lipinski definition) is 4. The zero-order valence-electron chi connectivity index (χ0n) is 9.16. The Morgan fingerprint density at radius 1 is 1.31 bits per heavy atom.